The van der Waals surface area contributed by atoms with Crippen molar-refractivity contribution in [2.75, 3.05) is 0 Å². The molecule has 0 N–H and O–H groups in total. The van der Waals surface area contributed by atoms with Crippen molar-refractivity contribution < 1.29 is 4.74 Å². The van der Waals surface area contributed by atoms with Crippen molar-refractivity contribution in [3.63, 3.8) is 0 Å². The molecule has 2 saturated heterocycles. The normalized spacial score (nSPS) is 47.1. The lowest BCUT2D eigenvalue weighted by molar-refractivity contribution is -0.0755. The predicted molar refractivity (Wildman–Crippen MR) is 49.6 cm³/mol. The topological polar surface area (TPSA) is 9.23 Å². The average molecular weight is 252 g/mol. The minimum Gasteiger partial charge on any atom is -0.374 e. The molecular weight excluding hydrogens is 239 g/mol. The van der Waals surface area contributed by atoms with Gasteiger partial charge in [0.2, 0.25) is 0 Å². The monoisotopic (exact) mass is 252 g/mol. The summed E-state index contributed by atoms with van der Waals surface area (Å²) >= 11 is 2.54. The van der Waals surface area contributed by atoms with Gasteiger partial charge in [-0.3, -0.25) is 0 Å². The highest BCUT2D eigenvalue weighted by Crippen LogP contribution is 2.34. The first kappa shape index (κ1) is 7.35. The lowest BCUT2D eigenvalue weighted by atomic mass is 9.92. The second kappa shape index (κ2) is 2.97. The molecule has 1 nitrogen and oxygen atoms in total. The van der Waals surface area contributed by atoms with Crippen LogP contribution in [0.5, 0.6) is 0 Å². The summed E-state index contributed by atoms with van der Waals surface area (Å²) in [6.07, 6.45) is 7.96. The fourth-order valence-corrected chi connectivity index (χ4v) is 2.83. The molecule has 0 spiro atoms. The van der Waals surface area contributed by atoms with E-state index in [2.05, 4.69) is 22.6 Å². The molecule has 2 heteroatoms. The summed E-state index contributed by atoms with van der Waals surface area (Å²) < 4.78 is 6.63. The van der Waals surface area contributed by atoms with Crippen LogP contribution in [0.4, 0.5) is 0 Å². The maximum atomic E-state index is 5.83. The van der Waals surface area contributed by atoms with Gasteiger partial charge in [-0.1, -0.05) is 22.6 Å². The molecule has 2 bridgehead atoms. The van der Waals surface area contributed by atoms with Gasteiger partial charge in [-0.25, -0.2) is 0 Å². The van der Waals surface area contributed by atoms with E-state index in [-0.39, 0.29) is 0 Å². The van der Waals surface area contributed by atoms with Crippen molar-refractivity contribution >= 4 is 22.6 Å². The molecule has 0 unspecified atom stereocenters. The minimum absolute atomic E-state index is 0.605. The molecule has 3 atom stereocenters. The number of fused-ring (bicyclic) bond motifs is 2. The summed E-state index contributed by atoms with van der Waals surface area (Å²) in [5.41, 5.74) is 0. The van der Waals surface area contributed by atoms with Crippen LogP contribution in [0.15, 0.2) is 0 Å². The van der Waals surface area contributed by atoms with Crippen LogP contribution in [0.25, 0.3) is 0 Å². The highest BCUT2D eigenvalue weighted by molar-refractivity contribution is 14.1. The number of hydrogen-bond donors (Lipinski definition) is 0. The van der Waals surface area contributed by atoms with E-state index in [4.69, 9.17) is 4.74 Å². The van der Waals surface area contributed by atoms with Gasteiger partial charge in [0.1, 0.15) is 0 Å². The zero-order chi connectivity index (χ0) is 6.97. The zero-order valence-corrected chi connectivity index (χ0v) is 8.21. The van der Waals surface area contributed by atoms with Gasteiger partial charge in [-0.15, -0.1) is 0 Å². The fraction of sp³-hybridized carbons (Fsp3) is 1.00. The summed E-state index contributed by atoms with van der Waals surface area (Å²) in [7, 11) is 0. The van der Waals surface area contributed by atoms with E-state index in [9.17, 15) is 0 Å². The van der Waals surface area contributed by atoms with Gasteiger partial charge in [-0.05, 0) is 32.1 Å². The molecule has 2 fully saturated rings. The Hall–Kier alpha value is 0.690. The van der Waals surface area contributed by atoms with E-state index in [1.54, 1.807) is 0 Å². The molecule has 0 radical (unpaired) electrons. The Morgan fingerprint density at radius 3 is 2.80 bits per heavy atom. The highest BCUT2D eigenvalue weighted by Gasteiger charge is 2.32. The molecule has 0 aromatic rings. The number of halogens is 1. The Balaban J connectivity index is 2.00. The first-order valence-electron chi connectivity index (χ1n) is 4.16. The Morgan fingerprint density at radius 1 is 1.10 bits per heavy atom. The van der Waals surface area contributed by atoms with Gasteiger partial charge in [0.15, 0.2) is 0 Å². The molecule has 2 aliphatic heterocycles. The molecule has 0 aromatic carbocycles. The average Bonchev–Trinajstić information content (AvgIpc) is 1.99. The number of ether oxygens (including phenoxy) is 1. The molecule has 0 aliphatic carbocycles. The molecule has 58 valence electrons. The molecular formula is C8H13IO. The van der Waals surface area contributed by atoms with E-state index in [1.165, 1.54) is 32.1 Å². The lowest BCUT2D eigenvalue weighted by Gasteiger charge is -2.38. The van der Waals surface area contributed by atoms with Crippen molar-refractivity contribution in [3.8, 4) is 0 Å². The molecule has 0 amide bonds. The van der Waals surface area contributed by atoms with Gasteiger partial charge in [0.25, 0.3) is 0 Å². The van der Waals surface area contributed by atoms with E-state index < -0.39 is 0 Å². The summed E-state index contributed by atoms with van der Waals surface area (Å²) in [6, 6.07) is 0. The van der Waals surface area contributed by atoms with Crippen LogP contribution in [-0.2, 0) is 4.74 Å². The smallest absolute Gasteiger partial charge is 0.0696 e. The SMILES string of the molecule is I[C@@H]1CC[C@@H]2CCC[C@H]1O2. The molecule has 2 rings (SSSR count). The Kier molecular flexibility index (Phi) is 2.18. The third-order valence-electron chi connectivity index (χ3n) is 2.55. The molecule has 2 aliphatic rings. The van der Waals surface area contributed by atoms with E-state index in [0.29, 0.717) is 12.2 Å². The number of rotatable bonds is 0. The maximum Gasteiger partial charge on any atom is 0.0696 e. The van der Waals surface area contributed by atoms with Crippen LogP contribution < -0.4 is 0 Å². The van der Waals surface area contributed by atoms with Gasteiger partial charge < -0.3 is 4.74 Å². The van der Waals surface area contributed by atoms with E-state index >= 15 is 0 Å². The number of hydrogen-bond acceptors (Lipinski definition) is 1. The molecule has 0 aromatic heterocycles. The predicted octanol–water partition coefficient (Wildman–Crippen LogP) is 2.52. The van der Waals surface area contributed by atoms with Crippen molar-refractivity contribution in [3.05, 3.63) is 0 Å². The quantitative estimate of drug-likeness (QED) is 0.475. The first-order chi connectivity index (χ1) is 4.86. The van der Waals surface area contributed by atoms with Crippen LogP contribution in [0.1, 0.15) is 32.1 Å². The Labute approximate surface area is 75.7 Å². The van der Waals surface area contributed by atoms with Gasteiger partial charge in [0.05, 0.1) is 12.2 Å². The van der Waals surface area contributed by atoms with Gasteiger partial charge in [-0.2, -0.15) is 0 Å². The first-order valence-corrected chi connectivity index (χ1v) is 5.40. The second-order valence-corrected chi connectivity index (χ2v) is 4.92. The summed E-state index contributed by atoms with van der Waals surface area (Å²) in [6.45, 7) is 0. The third-order valence-corrected chi connectivity index (χ3v) is 3.97. The van der Waals surface area contributed by atoms with Crippen LogP contribution >= 0.6 is 22.6 Å². The van der Waals surface area contributed by atoms with Crippen LogP contribution in [-0.4, -0.2) is 16.1 Å². The minimum atomic E-state index is 0.605. The van der Waals surface area contributed by atoms with E-state index in [1.807, 2.05) is 0 Å². The standard InChI is InChI=1S/C8H13IO/c9-7-5-4-6-2-1-3-8(7)10-6/h6-8H,1-5H2/t6-,7+,8+/m0/s1. The third kappa shape index (κ3) is 1.33. The molecule has 0 saturated carbocycles. The highest BCUT2D eigenvalue weighted by atomic mass is 127. The largest absolute Gasteiger partial charge is 0.374 e. The van der Waals surface area contributed by atoms with Crippen molar-refractivity contribution in [1.29, 1.82) is 0 Å². The molecule has 10 heavy (non-hydrogen) atoms. The number of alkyl halides is 1. The summed E-state index contributed by atoms with van der Waals surface area (Å²) in [5.74, 6) is 0. The fourth-order valence-electron chi connectivity index (χ4n) is 1.94. The van der Waals surface area contributed by atoms with E-state index in [0.717, 1.165) is 3.92 Å². The maximum absolute atomic E-state index is 5.83. The zero-order valence-electron chi connectivity index (χ0n) is 6.05. The summed E-state index contributed by atoms with van der Waals surface area (Å²) in [4.78, 5) is 0. The van der Waals surface area contributed by atoms with Gasteiger partial charge in [0, 0.05) is 3.92 Å². The van der Waals surface area contributed by atoms with Crippen molar-refractivity contribution in [1.82, 2.24) is 0 Å². The Bertz CT molecular complexity index is 124. The van der Waals surface area contributed by atoms with Gasteiger partial charge >= 0.3 is 0 Å². The van der Waals surface area contributed by atoms with Crippen LogP contribution in [0.3, 0.4) is 0 Å². The van der Waals surface area contributed by atoms with Crippen LogP contribution in [0.2, 0.25) is 0 Å². The van der Waals surface area contributed by atoms with Crippen molar-refractivity contribution in [2.45, 2.75) is 48.2 Å². The second-order valence-electron chi connectivity index (χ2n) is 3.32. The molecule has 2 heterocycles. The van der Waals surface area contributed by atoms with Crippen LogP contribution in [0, 0.1) is 0 Å². The Morgan fingerprint density at radius 2 is 2.00 bits per heavy atom. The van der Waals surface area contributed by atoms with Crippen molar-refractivity contribution in [2.24, 2.45) is 0 Å². The lowest BCUT2D eigenvalue weighted by Crippen LogP contribution is -2.38. The summed E-state index contributed by atoms with van der Waals surface area (Å²) in [5, 5.41) is 0.